The number of fused-ring (bicyclic) bond motifs is 1. The van der Waals surface area contributed by atoms with Gasteiger partial charge in [-0.15, -0.1) is 0 Å². The Bertz CT molecular complexity index is 2150. The molecule has 0 radical (unpaired) electrons. The molecule has 1 saturated carbocycles. The number of carbonyl (C=O) groups is 4. The Hall–Kier alpha value is -5.70. The van der Waals surface area contributed by atoms with Gasteiger partial charge in [0.2, 0.25) is 17.8 Å². The number of piperidine rings is 2. The summed E-state index contributed by atoms with van der Waals surface area (Å²) in [7, 11) is 5.12. The first-order valence-corrected chi connectivity index (χ1v) is 20.6. The van der Waals surface area contributed by atoms with Crippen LogP contribution in [0.3, 0.4) is 0 Å². The monoisotopic (exact) mass is 790 g/mol. The van der Waals surface area contributed by atoms with Gasteiger partial charge in [-0.1, -0.05) is 12.8 Å². The van der Waals surface area contributed by atoms with Gasteiger partial charge >= 0.3 is 0 Å². The summed E-state index contributed by atoms with van der Waals surface area (Å²) in [5.74, 6) is 0.387. The molecule has 306 valence electrons. The standard InChI is InChI=1S/C43H54N10O5/c1-49(2)42(57)36-24-29-26-44-43(48-39(29)53(36)32-6-4-5-7-32)45-30-8-10-31(11-9-30)52-22-20-50(21-23-52)27-28-16-18-51(19-17-28)33-12-13-34(37(25-33)58-3)40(55)46-35-14-15-38(54)47-41(35)56/h8-13,24-26,28,32,35H,4-7,14-23,27H2,1-3H3,(H,46,55)(H,44,45,48)(H,47,54,56)/t35-/m0/s1. The SMILES string of the molecule is COc1cc(N2CCC(CN3CCN(c4ccc(Nc5ncc6cc(C(=O)N(C)C)n(C7CCCC7)c6n5)cc4)CC3)CC2)ccc1C(=O)N[C@H]1CCC(=O)NC1=O. The number of carbonyl (C=O) groups excluding carboxylic acids is 4. The first kappa shape index (κ1) is 39.1. The molecular weight excluding hydrogens is 737 g/mol. The lowest BCUT2D eigenvalue weighted by atomic mass is 9.95. The average Bonchev–Trinajstić information content (AvgIpc) is 3.90. The van der Waals surface area contributed by atoms with Crippen molar-refractivity contribution in [2.24, 2.45) is 5.92 Å². The minimum Gasteiger partial charge on any atom is -0.496 e. The van der Waals surface area contributed by atoms with E-state index in [1.54, 1.807) is 32.2 Å². The number of hydrogen-bond acceptors (Lipinski definition) is 11. The number of hydrogen-bond donors (Lipinski definition) is 3. The van der Waals surface area contributed by atoms with E-state index >= 15 is 0 Å². The lowest BCUT2D eigenvalue weighted by Gasteiger charge is -2.40. The van der Waals surface area contributed by atoms with Crippen LogP contribution in [0.25, 0.3) is 11.0 Å². The van der Waals surface area contributed by atoms with Gasteiger partial charge in [0.15, 0.2) is 0 Å². The molecule has 4 amide bonds. The molecule has 2 aromatic heterocycles. The van der Waals surface area contributed by atoms with Crippen LogP contribution in [0.2, 0.25) is 0 Å². The van der Waals surface area contributed by atoms with Gasteiger partial charge in [-0.05, 0) is 80.5 Å². The third kappa shape index (κ3) is 8.45. The van der Waals surface area contributed by atoms with Crippen LogP contribution >= 0.6 is 0 Å². The number of anilines is 4. The predicted octanol–water partition coefficient (Wildman–Crippen LogP) is 4.57. The Kier molecular flexibility index (Phi) is 11.5. The molecule has 1 aliphatic carbocycles. The molecule has 1 atom stereocenters. The van der Waals surface area contributed by atoms with Crippen LogP contribution in [-0.4, -0.2) is 121 Å². The van der Waals surface area contributed by atoms with Crippen LogP contribution in [0.15, 0.2) is 54.7 Å². The Labute approximate surface area is 339 Å². The fourth-order valence-electron chi connectivity index (χ4n) is 8.94. The van der Waals surface area contributed by atoms with Gasteiger partial charge in [0, 0.05) is 107 Å². The second kappa shape index (κ2) is 17.0. The van der Waals surface area contributed by atoms with Crippen molar-refractivity contribution in [2.45, 2.75) is 63.5 Å². The highest BCUT2D eigenvalue weighted by molar-refractivity contribution is 6.04. The van der Waals surface area contributed by atoms with Gasteiger partial charge in [0.1, 0.15) is 23.1 Å². The number of methoxy groups -OCH3 is 1. The number of piperazine rings is 1. The van der Waals surface area contributed by atoms with Crippen molar-refractivity contribution in [3.8, 4) is 5.75 Å². The second-order valence-electron chi connectivity index (χ2n) is 16.3. The third-order valence-electron chi connectivity index (χ3n) is 12.2. The van der Waals surface area contributed by atoms with Crippen molar-refractivity contribution in [1.82, 2.24) is 35.0 Å². The topological polar surface area (TPSA) is 157 Å². The van der Waals surface area contributed by atoms with Gasteiger partial charge in [-0.25, -0.2) is 4.98 Å². The van der Waals surface area contributed by atoms with Crippen LogP contribution < -0.4 is 30.5 Å². The molecule has 4 fully saturated rings. The number of ether oxygens (including phenoxy) is 1. The van der Waals surface area contributed by atoms with Crippen molar-refractivity contribution in [1.29, 1.82) is 0 Å². The van der Waals surface area contributed by atoms with E-state index in [9.17, 15) is 19.2 Å². The molecule has 0 unspecified atom stereocenters. The summed E-state index contributed by atoms with van der Waals surface area (Å²) in [4.78, 5) is 68.3. The fourth-order valence-corrected chi connectivity index (χ4v) is 8.94. The smallest absolute Gasteiger partial charge is 0.270 e. The minimum atomic E-state index is -0.742. The zero-order valence-electron chi connectivity index (χ0n) is 33.7. The highest BCUT2D eigenvalue weighted by Gasteiger charge is 2.30. The van der Waals surface area contributed by atoms with Crippen molar-refractivity contribution in [3.05, 3.63) is 66.0 Å². The molecule has 2 aromatic carbocycles. The van der Waals surface area contributed by atoms with E-state index in [1.807, 2.05) is 24.4 Å². The summed E-state index contributed by atoms with van der Waals surface area (Å²) >= 11 is 0. The van der Waals surface area contributed by atoms with Gasteiger partial charge in [0.05, 0.1) is 12.7 Å². The molecule has 0 bridgehead atoms. The van der Waals surface area contributed by atoms with Crippen LogP contribution in [-0.2, 0) is 9.59 Å². The van der Waals surface area contributed by atoms with E-state index in [4.69, 9.17) is 9.72 Å². The minimum absolute atomic E-state index is 0.0144. The van der Waals surface area contributed by atoms with Crippen molar-refractivity contribution in [2.75, 3.05) is 82.1 Å². The average molecular weight is 791 g/mol. The van der Waals surface area contributed by atoms with Crippen LogP contribution in [0.5, 0.6) is 5.75 Å². The van der Waals surface area contributed by atoms with E-state index in [-0.39, 0.29) is 30.7 Å². The highest BCUT2D eigenvalue weighted by Crippen LogP contribution is 2.35. The first-order chi connectivity index (χ1) is 28.1. The Morgan fingerprint density at radius 2 is 1.59 bits per heavy atom. The van der Waals surface area contributed by atoms with Gasteiger partial charge < -0.3 is 34.6 Å². The number of aromatic nitrogens is 3. The predicted molar refractivity (Wildman–Crippen MR) is 223 cm³/mol. The normalized spacial score (nSPS) is 19.7. The molecule has 15 heteroatoms. The highest BCUT2D eigenvalue weighted by atomic mass is 16.5. The molecule has 58 heavy (non-hydrogen) atoms. The van der Waals surface area contributed by atoms with E-state index < -0.39 is 17.9 Å². The molecule has 3 N–H and O–H groups in total. The Balaban J connectivity index is 0.809. The van der Waals surface area contributed by atoms with E-state index in [0.717, 1.165) is 107 Å². The number of imide groups is 1. The number of rotatable bonds is 11. The second-order valence-corrected chi connectivity index (χ2v) is 16.3. The van der Waals surface area contributed by atoms with E-state index in [0.29, 0.717) is 28.9 Å². The molecule has 8 rings (SSSR count). The Morgan fingerprint density at radius 3 is 2.28 bits per heavy atom. The van der Waals surface area contributed by atoms with Crippen molar-refractivity contribution >= 4 is 57.7 Å². The number of benzene rings is 2. The van der Waals surface area contributed by atoms with Crippen LogP contribution in [0, 0.1) is 5.92 Å². The number of nitrogens with one attached hydrogen (secondary N) is 3. The molecule has 4 aromatic rings. The first-order valence-electron chi connectivity index (χ1n) is 20.6. The maximum Gasteiger partial charge on any atom is 0.270 e. The molecule has 0 spiro atoms. The molecule has 4 aliphatic rings. The number of amides is 4. The van der Waals surface area contributed by atoms with E-state index in [1.165, 1.54) is 5.69 Å². The molecule has 15 nitrogen and oxygen atoms in total. The van der Waals surface area contributed by atoms with E-state index in [2.05, 4.69) is 64.5 Å². The summed E-state index contributed by atoms with van der Waals surface area (Å²) in [6, 6.07) is 15.5. The van der Waals surface area contributed by atoms with Crippen LogP contribution in [0.1, 0.15) is 78.3 Å². The lowest BCUT2D eigenvalue weighted by Crippen LogP contribution is -2.52. The van der Waals surface area contributed by atoms with Crippen molar-refractivity contribution in [3.63, 3.8) is 0 Å². The summed E-state index contributed by atoms with van der Waals surface area (Å²) in [6.07, 6.45) is 8.90. The maximum atomic E-state index is 13.1. The van der Waals surface area contributed by atoms with Gasteiger partial charge in [-0.3, -0.25) is 29.4 Å². The molecule has 5 heterocycles. The van der Waals surface area contributed by atoms with Gasteiger partial charge in [0.25, 0.3) is 11.8 Å². The largest absolute Gasteiger partial charge is 0.496 e. The summed E-state index contributed by atoms with van der Waals surface area (Å²) in [5.41, 5.74) is 4.97. The molecule has 3 aliphatic heterocycles. The fraction of sp³-hybridized carbons (Fsp3) is 0.488. The maximum absolute atomic E-state index is 13.1. The molecule has 3 saturated heterocycles. The Morgan fingerprint density at radius 1 is 0.879 bits per heavy atom. The molecular formula is C43H54N10O5. The summed E-state index contributed by atoms with van der Waals surface area (Å²) in [5, 5.41) is 9.30. The quantitative estimate of drug-likeness (QED) is 0.183. The lowest BCUT2D eigenvalue weighted by molar-refractivity contribution is -0.134. The van der Waals surface area contributed by atoms with Gasteiger partial charge in [-0.2, -0.15) is 4.98 Å². The zero-order valence-corrected chi connectivity index (χ0v) is 33.7. The summed E-state index contributed by atoms with van der Waals surface area (Å²) < 4.78 is 7.73. The summed E-state index contributed by atoms with van der Waals surface area (Å²) in [6.45, 7) is 6.94. The zero-order chi connectivity index (χ0) is 40.3. The van der Waals surface area contributed by atoms with Crippen LogP contribution in [0.4, 0.5) is 23.0 Å². The van der Waals surface area contributed by atoms with Crippen molar-refractivity contribution < 1.29 is 23.9 Å². The number of nitrogens with zero attached hydrogens (tertiary/aromatic N) is 7. The third-order valence-corrected chi connectivity index (χ3v) is 12.2.